The van der Waals surface area contributed by atoms with Gasteiger partial charge in [-0.2, -0.15) is 0 Å². The number of hydrogen-bond donors (Lipinski definition) is 0. The zero-order chi connectivity index (χ0) is 10.8. The van der Waals surface area contributed by atoms with Gasteiger partial charge in [-0.05, 0) is 30.5 Å². The van der Waals surface area contributed by atoms with Crippen LogP contribution >= 0.6 is 0 Å². The van der Waals surface area contributed by atoms with Crippen LogP contribution in [0.25, 0.3) is 0 Å². The number of alkyl halides is 3. The second-order valence-electron chi connectivity index (χ2n) is 3.02. The molecule has 1 unspecified atom stereocenters. The zero-order valence-corrected chi connectivity index (χ0v) is 7.64. The van der Waals surface area contributed by atoms with Crippen LogP contribution in [0.4, 0.5) is 13.2 Å². The summed E-state index contributed by atoms with van der Waals surface area (Å²) in [7, 11) is 0. The summed E-state index contributed by atoms with van der Waals surface area (Å²) < 4.78 is 39.3. The minimum absolute atomic E-state index is 0.0632. The van der Waals surface area contributed by atoms with E-state index in [0.717, 1.165) is 0 Å². The Morgan fingerprint density at radius 3 is 2.50 bits per heavy atom. The molecule has 1 rings (SSSR count). The lowest BCUT2D eigenvalue weighted by Gasteiger charge is -2.11. The summed E-state index contributed by atoms with van der Waals surface area (Å²) in [6, 6.07) is 5.82. The van der Waals surface area contributed by atoms with Gasteiger partial charge in [0.1, 0.15) is 5.75 Å². The van der Waals surface area contributed by atoms with Gasteiger partial charge in [-0.15, -0.1) is 13.2 Å². The number of hydrogen-bond acceptors (Lipinski definition) is 1. The first-order chi connectivity index (χ1) is 6.38. The molecular formula is C10H10F3O. The fourth-order valence-corrected chi connectivity index (χ4v) is 1.02. The normalized spacial score (nSPS) is 11.9. The topological polar surface area (TPSA) is 9.23 Å². The molecule has 1 radical (unpaired) electrons. The Bertz CT molecular complexity index is 304. The fraction of sp³-hybridized carbons (Fsp3) is 0.300. The lowest BCUT2D eigenvalue weighted by Crippen LogP contribution is -2.17. The van der Waals surface area contributed by atoms with Crippen LogP contribution in [0.15, 0.2) is 24.3 Å². The van der Waals surface area contributed by atoms with Crippen LogP contribution in [0.2, 0.25) is 0 Å². The van der Waals surface area contributed by atoms with Crippen molar-refractivity contribution in [3.8, 4) is 5.75 Å². The van der Waals surface area contributed by atoms with E-state index in [1.807, 2.05) is 0 Å². The zero-order valence-electron chi connectivity index (χ0n) is 7.64. The van der Waals surface area contributed by atoms with Crippen molar-refractivity contribution in [2.24, 2.45) is 0 Å². The molecule has 0 aliphatic heterocycles. The molecule has 14 heavy (non-hydrogen) atoms. The molecule has 1 aromatic carbocycles. The van der Waals surface area contributed by atoms with Gasteiger partial charge in [-0.25, -0.2) is 0 Å². The van der Waals surface area contributed by atoms with Gasteiger partial charge in [0.15, 0.2) is 0 Å². The smallest absolute Gasteiger partial charge is 0.406 e. The summed E-state index contributed by atoms with van der Waals surface area (Å²) in [5.41, 5.74) is 0.715. The number of rotatable bonds is 2. The summed E-state index contributed by atoms with van der Waals surface area (Å²) >= 11 is 0. The van der Waals surface area contributed by atoms with Crippen molar-refractivity contribution in [3.63, 3.8) is 0 Å². The van der Waals surface area contributed by atoms with Crippen molar-refractivity contribution in [1.82, 2.24) is 0 Å². The molecule has 0 amide bonds. The molecule has 0 aromatic heterocycles. The molecule has 4 heteroatoms. The van der Waals surface area contributed by atoms with E-state index in [4.69, 9.17) is 0 Å². The molecule has 0 saturated carbocycles. The van der Waals surface area contributed by atoms with E-state index in [9.17, 15) is 13.2 Å². The first kappa shape index (κ1) is 10.9. The van der Waals surface area contributed by atoms with E-state index in [0.29, 0.717) is 5.56 Å². The van der Waals surface area contributed by atoms with Gasteiger partial charge in [-0.3, -0.25) is 0 Å². The molecule has 0 fully saturated rings. The monoisotopic (exact) mass is 203 g/mol. The first-order valence-corrected chi connectivity index (χ1v) is 4.07. The number of benzene rings is 1. The highest BCUT2D eigenvalue weighted by atomic mass is 19.4. The van der Waals surface area contributed by atoms with Crippen molar-refractivity contribution in [1.29, 1.82) is 0 Å². The quantitative estimate of drug-likeness (QED) is 0.714. The maximum absolute atomic E-state index is 11.8. The first-order valence-electron chi connectivity index (χ1n) is 4.07. The van der Waals surface area contributed by atoms with Gasteiger partial charge >= 0.3 is 6.36 Å². The van der Waals surface area contributed by atoms with E-state index >= 15 is 0 Å². The predicted octanol–water partition coefficient (Wildman–Crippen LogP) is 3.52. The van der Waals surface area contributed by atoms with Crippen molar-refractivity contribution in [2.75, 3.05) is 0 Å². The highest BCUT2D eigenvalue weighted by Crippen LogP contribution is 2.25. The van der Waals surface area contributed by atoms with Crippen molar-refractivity contribution in [2.45, 2.75) is 19.2 Å². The standard InChI is InChI=1S/C10H10F3O/c1-7(2)8-4-3-5-9(6-8)14-10(11,12)13/h3-7H,1H2,2H3. The Morgan fingerprint density at radius 1 is 1.36 bits per heavy atom. The van der Waals surface area contributed by atoms with Gasteiger partial charge in [-0.1, -0.05) is 19.1 Å². The van der Waals surface area contributed by atoms with Crippen molar-refractivity contribution >= 4 is 0 Å². The Kier molecular flexibility index (Phi) is 3.03. The molecule has 1 atom stereocenters. The average molecular weight is 203 g/mol. The van der Waals surface area contributed by atoms with Crippen LogP contribution in [0.1, 0.15) is 18.4 Å². The van der Waals surface area contributed by atoms with E-state index in [-0.39, 0.29) is 11.7 Å². The van der Waals surface area contributed by atoms with E-state index in [1.165, 1.54) is 18.2 Å². The van der Waals surface area contributed by atoms with Crippen LogP contribution in [0, 0.1) is 6.92 Å². The van der Waals surface area contributed by atoms with Gasteiger partial charge in [0.25, 0.3) is 0 Å². The Balaban J connectivity index is 2.84. The maximum atomic E-state index is 11.8. The fourth-order valence-electron chi connectivity index (χ4n) is 1.02. The highest BCUT2D eigenvalue weighted by molar-refractivity contribution is 5.31. The highest BCUT2D eigenvalue weighted by Gasteiger charge is 2.31. The number of ether oxygens (including phenoxy) is 1. The van der Waals surface area contributed by atoms with E-state index in [1.54, 1.807) is 13.0 Å². The maximum Gasteiger partial charge on any atom is 0.573 e. The Morgan fingerprint density at radius 2 is 2.00 bits per heavy atom. The molecule has 0 spiro atoms. The average Bonchev–Trinajstić information content (AvgIpc) is 2.01. The van der Waals surface area contributed by atoms with Crippen LogP contribution in [-0.2, 0) is 0 Å². The minimum atomic E-state index is -4.64. The molecule has 1 aromatic rings. The van der Waals surface area contributed by atoms with Crippen LogP contribution < -0.4 is 4.74 Å². The third-order valence-corrected chi connectivity index (χ3v) is 1.66. The molecule has 0 N–H and O–H groups in total. The number of halogens is 3. The Hall–Kier alpha value is -1.19. The van der Waals surface area contributed by atoms with Gasteiger partial charge < -0.3 is 4.74 Å². The molecular weight excluding hydrogens is 193 g/mol. The summed E-state index contributed by atoms with van der Waals surface area (Å²) in [5.74, 6) is -0.266. The summed E-state index contributed by atoms with van der Waals surface area (Å²) in [5, 5.41) is 0. The third-order valence-electron chi connectivity index (χ3n) is 1.66. The molecule has 0 heterocycles. The van der Waals surface area contributed by atoms with Crippen molar-refractivity contribution in [3.05, 3.63) is 36.8 Å². The van der Waals surface area contributed by atoms with E-state index in [2.05, 4.69) is 11.7 Å². The molecule has 0 aliphatic carbocycles. The molecule has 1 nitrogen and oxygen atoms in total. The lowest BCUT2D eigenvalue weighted by atomic mass is 10.0. The van der Waals surface area contributed by atoms with Crippen LogP contribution in [-0.4, -0.2) is 6.36 Å². The lowest BCUT2D eigenvalue weighted by molar-refractivity contribution is -0.274. The summed E-state index contributed by atoms with van der Waals surface area (Å²) in [6.45, 7) is 5.51. The molecule has 0 aliphatic rings. The molecule has 0 saturated heterocycles. The van der Waals surface area contributed by atoms with Gasteiger partial charge in [0.2, 0.25) is 0 Å². The second-order valence-corrected chi connectivity index (χ2v) is 3.02. The Labute approximate surface area is 80.5 Å². The van der Waals surface area contributed by atoms with Gasteiger partial charge in [0, 0.05) is 0 Å². The van der Waals surface area contributed by atoms with Crippen LogP contribution in [0.3, 0.4) is 0 Å². The third kappa shape index (κ3) is 3.28. The second kappa shape index (κ2) is 3.90. The largest absolute Gasteiger partial charge is 0.573 e. The molecule has 0 bridgehead atoms. The van der Waals surface area contributed by atoms with Gasteiger partial charge in [0.05, 0.1) is 0 Å². The minimum Gasteiger partial charge on any atom is -0.406 e. The summed E-state index contributed by atoms with van der Waals surface area (Å²) in [6.07, 6.45) is -4.64. The van der Waals surface area contributed by atoms with Crippen LogP contribution in [0.5, 0.6) is 5.75 Å². The SMILES string of the molecule is [CH2]C(C)c1cccc(OC(F)(F)F)c1. The summed E-state index contributed by atoms with van der Waals surface area (Å²) in [4.78, 5) is 0. The van der Waals surface area contributed by atoms with Crippen molar-refractivity contribution < 1.29 is 17.9 Å². The molecule has 77 valence electrons. The van der Waals surface area contributed by atoms with E-state index < -0.39 is 6.36 Å². The predicted molar refractivity (Wildman–Crippen MR) is 46.9 cm³/mol.